The summed E-state index contributed by atoms with van der Waals surface area (Å²) in [5.41, 5.74) is 0. The predicted molar refractivity (Wildman–Crippen MR) is 145 cm³/mol. The van der Waals surface area contributed by atoms with E-state index in [9.17, 15) is 39.6 Å². The van der Waals surface area contributed by atoms with Crippen LogP contribution in [0.2, 0.25) is 0 Å². The maximum Gasteiger partial charge on any atom is 4.00 e. The molecule has 9 heteroatoms. The van der Waals surface area contributed by atoms with Crippen LogP contribution < -0.4 is 20.4 Å². The number of carboxylic acids is 4. The number of rotatable bonds is 12. The summed E-state index contributed by atoms with van der Waals surface area (Å²) in [6.45, 7) is 0. The second-order valence-corrected chi connectivity index (χ2v) is 12.2. The van der Waals surface area contributed by atoms with Crippen LogP contribution in [0.1, 0.15) is 154 Å². The van der Waals surface area contributed by atoms with Gasteiger partial charge in [0.25, 0.3) is 0 Å². The summed E-state index contributed by atoms with van der Waals surface area (Å²) in [7, 11) is 0. The molecule has 4 saturated carbocycles. The van der Waals surface area contributed by atoms with E-state index in [1.807, 2.05) is 0 Å². The van der Waals surface area contributed by atoms with Crippen LogP contribution >= 0.6 is 0 Å². The molecule has 234 valence electrons. The van der Waals surface area contributed by atoms with Crippen LogP contribution in [0, 0.1) is 23.7 Å². The quantitative estimate of drug-likeness (QED) is 0.289. The zero-order chi connectivity index (χ0) is 29.6. The van der Waals surface area contributed by atoms with Crippen molar-refractivity contribution in [3.8, 4) is 0 Å². The molecule has 8 nitrogen and oxygen atoms in total. The van der Waals surface area contributed by atoms with Gasteiger partial charge in [0.2, 0.25) is 0 Å². The number of hydrogen-bond acceptors (Lipinski definition) is 8. The van der Waals surface area contributed by atoms with Gasteiger partial charge in [-0.2, -0.15) is 0 Å². The third-order valence-electron chi connectivity index (χ3n) is 8.93. The van der Waals surface area contributed by atoms with Gasteiger partial charge >= 0.3 is 21.1 Å². The first kappa shape index (κ1) is 39.6. The standard InChI is InChI=1S/4C8H14O2.Mo/c4*9-8(10)6-5-7-3-1-2-4-7;/h4*7H,1-6H2,(H,9,10);/q;;;;+4/p-4. The number of aliphatic carboxylic acids is 4. The van der Waals surface area contributed by atoms with Crippen molar-refractivity contribution in [2.75, 3.05) is 0 Å². The molecule has 4 aliphatic carbocycles. The van der Waals surface area contributed by atoms with Crippen molar-refractivity contribution < 1.29 is 60.7 Å². The van der Waals surface area contributed by atoms with Gasteiger partial charge in [0.15, 0.2) is 0 Å². The zero-order valence-electron chi connectivity index (χ0n) is 25.0. The number of hydrogen-bond donors (Lipinski definition) is 0. The minimum atomic E-state index is -0.896. The fraction of sp³-hybridized carbons (Fsp3) is 0.875. The molecule has 0 spiro atoms. The van der Waals surface area contributed by atoms with Crippen LogP contribution in [0.15, 0.2) is 0 Å². The van der Waals surface area contributed by atoms with E-state index in [0.29, 0.717) is 23.7 Å². The molecule has 0 heterocycles. The Balaban J connectivity index is 0.000000516. The molecule has 0 bridgehead atoms. The summed E-state index contributed by atoms with van der Waals surface area (Å²) >= 11 is 0. The molecule has 0 N–H and O–H groups in total. The van der Waals surface area contributed by atoms with E-state index < -0.39 is 23.9 Å². The fourth-order valence-electron chi connectivity index (χ4n) is 6.48. The molecule has 0 atom stereocenters. The molecular weight excluding hydrogens is 608 g/mol. The zero-order valence-corrected chi connectivity index (χ0v) is 27.0. The molecule has 0 amide bonds. The molecule has 41 heavy (non-hydrogen) atoms. The maximum atomic E-state index is 10.0. The molecule has 0 saturated heterocycles. The minimum Gasteiger partial charge on any atom is -0.550 e. The SMILES string of the molecule is O=C([O-])CCC1CCCC1.O=C([O-])CCC1CCCC1.O=C([O-])CCC1CCCC1.O=C([O-])CCC1CCCC1.[Mo+4]. The van der Waals surface area contributed by atoms with Crippen molar-refractivity contribution in [1.82, 2.24) is 0 Å². The predicted octanol–water partition coefficient (Wildman–Crippen LogP) is 2.82. The van der Waals surface area contributed by atoms with Crippen molar-refractivity contribution >= 4 is 23.9 Å². The second kappa shape index (κ2) is 25.1. The Labute approximate surface area is 261 Å². The smallest absolute Gasteiger partial charge is 0.550 e. The fourth-order valence-corrected chi connectivity index (χ4v) is 6.48. The van der Waals surface area contributed by atoms with Crippen LogP contribution in [0.3, 0.4) is 0 Å². The molecule has 4 fully saturated rings. The molecular formula is C32H52MoO8. The van der Waals surface area contributed by atoms with Crippen LogP contribution in [0.5, 0.6) is 0 Å². The van der Waals surface area contributed by atoms with E-state index in [1.165, 1.54) is 103 Å². The number of carbonyl (C=O) groups excluding carboxylic acids is 4. The monoisotopic (exact) mass is 662 g/mol. The molecule has 0 radical (unpaired) electrons. The Bertz CT molecular complexity index is 584. The van der Waals surface area contributed by atoms with Crippen molar-refractivity contribution in [2.45, 2.75) is 154 Å². The van der Waals surface area contributed by atoms with Gasteiger partial charge in [-0.15, -0.1) is 0 Å². The van der Waals surface area contributed by atoms with Gasteiger partial charge < -0.3 is 39.6 Å². The third kappa shape index (κ3) is 23.8. The van der Waals surface area contributed by atoms with Crippen LogP contribution in [0.4, 0.5) is 0 Å². The minimum absolute atomic E-state index is 0. The summed E-state index contributed by atoms with van der Waals surface area (Å²) in [5, 5.41) is 40.2. The molecule has 4 aliphatic rings. The average molecular weight is 661 g/mol. The Kier molecular flexibility index (Phi) is 24.2. The Morgan fingerprint density at radius 2 is 0.512 bits per heavy atom. The molecule has 0 aromatic carbocycles. The Morgan fingerprint density at radius 3 is 0.634 bits per heavy atom. The first-order valence-electron chi connectivity index (χ1n) is 15.9. The second-order valence-electron chi connectivity index (χ2n) is 12.2. The molecule has 0 aromatic heterocycles. The van der Waals surface area contributed by atoms with Crippen molar-refractivity contribution in [2.24, 2.45) is 23.7 Å². The summed E-state index contributed by atoms with van der Waals surface area (Å²) in [5.74, 6) is -0.871. The first-order valence-corrected chi connectivity index (χ1v) is 15.9. The van der Waals surface area contributed by atoms with E-state index >= 15 is 0 Å². The summed E-state index contributed by atoms with van der Waals surface area (Å²) < 4.78 is 0. The van der Waals surface area contributed by atoms with E-state index in [1.54, 1.807) is 0 Å². The van der Waals surface area contributed by atoms with Gasteiger partial charge in [-0.1, -0.05) is 103 Å². The van der Waals surface area contributed by atoms with Gasteiger partial charge in [-0.3, -0.25) is 0 Å². The van der Waals surface area contributed by atoms with E-state index in [-0.39, 0.29) is 46.7 Å². The summed E-state index contributed by atoms with van der Waals surface area (Å²) in [6, 6.07) is 0. The van der Waals surface area contributed by atoms with Gasteiger partial charge in [0.1, 0.15) is 0 Å². The van der Waals surface area contributed by atoms with E-state index in [4.69, 9.17) is 0 Å². The van der Waals surface area contributed by atoms with Crippen LogP contribution in [-0.2, 0) is 40.2 Å². The molecule has 0 unspecified atom stereocenters. The largest absolute Gasteiger partial charge is 4.00 e. The Morgan fingerprint density at radius 1 is 0.366 bits per heavy atom. The topological polar surface area (TPSA) is 161 Å². The molecule has 0 aromatic rings. The van der Waals surface area contributed by atoms with E-state index in [2.05, 4.69) is 0 Å². The van der Waals surface area contributed by atoms with Gasteiger partial charge in [-0.25, -0.2) is 0 Å². The average Bonchev–Trinajstić information content (AvgIpc) is 3.73. The van der Waals surface area contributed by atoms with Crippen LogP contribution in [0.25, 0.3) is 0 Å². The molecule has 0 aliphatic heterocycles. The number of carbonyl (C=O) groups is 4. The summed E-state index contributed by atoms with van der Waals surface area (Å²) in [6.07, 6.45) is 24.5. The maximum absolute atomic E-state index is 10.0. The number of carboxylic acid groups (broad SMARTS) is 4. The van der Waals surface area contributed by atoms with Gasteiger partial charge in [0, 0.05) is 23.9 Å². The summed E-state index contributed by atoms with van der Waals surface area (Å²) in [4.78, 5) is 40.2. The van der Waals surface area contributed by atoms with E-state index in [0.717, 1.165) is 25.7 Å². The molecule has 4 rings (SSSR count). The van der Waals surface area contributed by atoms with Gasteiger partial charge in [0.05, 0.1) is 0 Å². The third-order valence-corrected chi connectivity index (χ3v) is 8.93. The van der Waals surface area contributed by atoms with Crippen LogP contribution in [-0.4, -0.2) is 23.9 Å². The van der Waals surface area contributed by atoms with Crippen molar-refractivity contribution in [3.05, 3.63) is 0 Å². The first-order chi connectivity index (χ1) is 19.2. The van der Waals surface area contributed by atoms with Crippen molar-refractivity contribution in [1.29, 1.82) is 0 Å². The van der Waals surface area contributed by atoms with Crippen molar-refractivity contribution in [3.63, 3.8) is 0 Å². The normalized spacial score (nSPS) is 19.1. The Hall–Kier alpha value is -1.43. The van der Waals surface area contributed by atoms with Gasteiger partial charge in [-0.05, 0) is 75.0 Å².